The van der Waals surface area contributed by atoms with E-state index in [4.69, 9.17) is 22.8 Å². The van der Waals surface area contributed by atoms with Crippen molar-refractivity contribution in [3.63, 3.8) is 0 Å². The number of rotatable bonds is 10. The van der Waals surface area contributed by atoms with E-state index in [0.29, 0.717) is 0 Å². The second kappa shape index (κ2) is 11.4. The lowest BCUT2D eigenvalue weighted by molar-refractivity contribution is -0.155. The number of methoxy groups -OCH3 is 1. The molecule has 11 heteroatoms. The van der Waals surface area contributed by atoms with Crippen LogP contribution in [0.5, 0.6) is 0 Å². The third-order valence-electron chi connectivity index (χ3n) is 6.72. The van der Waals surface area contributed by atoms with E-state index in [0.717, 1.165) is 16.6 Å². The van der Waals surface area contributed by atoms with Crippen molar-refractivity contribution in [2.45, 2.75) is 56.5 Å². The second-order valence-corrected chi connectivity index (χ2v) is 16.5. The summed E-state index contributed by atoms with van der Waals surface area (Å²) in [6.45, 7) is 7.35. The van der Waals surface area contributed by atoms with Crippen LogP contribution < -0.4 is 10.4 Å². The summed E-state index contributed by atoms with van der Waals surface area (Å²) >= 11 is 0. The molecule has 0 aliphatic carbocycles. The Hall–Kier alpha value is -2.02. The lowest BCUT2D eigenvalue weighted by Gasteiger charge is -2.45. The van der Waals surface area contributed by atoms with E-state index in [1.165, 1.54) is 14.0 Å². The van der Waals surface area contributed by atoms with Crippen LogP contribution in [0.2, 0.25) is 5.04 Å². The van der Waals surface area contributed by atoms with Crippen molar-refractivity contribution in [3.8, 4) is 0 Å². The fraction of sp³-hybridized carbons (Fsp3) is 0.500. The number of benzene rings is 2. The monoisotopic (exact) mass is 548 g/mol. The molecule has 2 aromatic rings. The minimum atomic E-state index is -3.81. The van der Waals surface area contributed by atoms with E-state index < -0.39 is 48.2 Å². The van der Waals surface area contributed by atoms with Crippen LogP contribution in [-0.2, 0) is 37.7 Å². The van der Waals surface area contributed by atoms with Crippen molar-refractivity contribution in [2.24, 2.45) is 0 Å². The van der Waals surface area contributed by atoms with E-state index in [9.17, 15) is 13.2 Å². The molecule has 3 rings (SSSR count). The lowest BCUT2D eigenvalue weighted by Crippen LogP contribution is -2.68. The molecule has 1 aliphatic rings. The fourth-order valence-electron chi connectivity index (χ4n) is 5.22. The van der Waals surface area contributed by atoms with E-state index in [1.807, 2.05) is 36.4 Å². The SMILES string of the molecule is B[C@@H]1O[C@@](CO[Si](c2ccccc2)(c2ccccc2)C(C)(C)C)(COS(C)(=O)=O)[C@@H](OC)[C@H]1OC(C)=O. The first kappa shape index (κ1) is 29.5. The van der Waals surface area contributed by atoms with Gasteiger partial charge in [-0.05, 0) is 15.4 Å². The first-order valence-corrected chi connectivity index (χ1v) is 16.0. The van der Waals surface area contributed by atoms with Crippen LogP contribution in [0.4, 0.5) is 0 Å². The average Bonchev–Trinajstić information content (AvgIpc) is 3.08. The highest BCUT2D eigenvalue weighted by molar-refractivity contribution is 7.85. The van der Waals surface area contributed by atoms with Gasteiger partial charge in [0.15, 0.2) is 0 Å². The van der Waals surface area contributed by atoms with Crippen LogP contribution in [0.1, 0.15) is 27.7 Å². The molecule has 1 fully saturated rings. The number of ether oxygens (including phenoxy) is 3. The first-order chi connectivity index (χ1) is 17.3. The van der Waals surface area contributed by atoms with Gasteiger partial charge in [0, 0.05) is 14.0 Å². The molecule has 0 unspecified atom stereocenters. The van der Waals surface area contributed by atoms with E-state index in [-0.39, 0.29) is 18.3 Å². The maximum atomic E-state index is 12.0. The molecule has 1 aliphatic heterocycles. The number of hydrogen-bond donors (Lipinski definition) is 0. The van der Waals surface area contributed by atoms with Crippen LogP contribution in [0, 0.1) is 0 Å². The van der Waals surface area contributed by atoms with Gasteiger partial charge in [-0.3, -0.25) is 8.98 Å². The molecule has 0 N–H and O–H groups in total. The summed E-state index contributed by atoms with van der Waals surface area (Å²) in [5.74, 6) is -0.491. The average molecular weight is 549 g/mol. The Labute approximate surface area is 222 Å². The molecular formula is C26H37BO8SSi. The number of hydrogen-bond acceptors (Lipinski definition) is 8. The zero-order valence-electron chi connectivity index (χ0n) is 22.6. The standard InChI is InChI=1S/C26H37BO8SSi/c1-19(28)34-22-23(31-5)26(35-24(22)27,17-32-36(6,29)30)18-33-37(25(2,3)4,20-13-9-7-10-14-20)21-15-11-8-12-16-21/h7-16,22-24H,17-18,27H2,1-6H3/t22-,23+,24-,26-/m1/s1. The molecule has 4 atom stereocenters. The molecule has 0 amide bonds. The smallest absolute Gasteiger partial charge is 0.303 e. The maximum Gasteiger partial charge on any atom is 0.303 e. The fourth-order valence-corrected chi connectivity index (χ4v) is 10.3. The highest BCUT2D eigenvalue weighted by Gasteiger charge is 2.59. The highest BCUT2D eigenvalue weighted by Crippen LogP contribution is 2.40. The predicted octanol–water partition coefficient (Wildman–Crippen LogP) is 1.21. The van der Waals surface area contributed by atoms with E-state index in [1.54, 1.807) is 7.85 Å². The van der Waals surface area contributed by atoms with Gasteiger partial charge >= 0.3 is 5.97 Å². The van der Waals surface area contributed by atoms with Gasteiger partial charge in [-0.2, -0.15) is 8.42 Å². The summed E-state index contributed by atoms with van der Waals surface area (Å²) in [5, 5.41) is 1.80. The Kier molecular flexibility index (Phi) is 9.09. The van der Waals surface area contributed by atoms with E-state index >= 15 is 0 Å². The molecule has 0 saturated carbocycles. The van der Waals surface area contributed by atoms with Crippen molar-refractivity contribution in [1.82, 2.24) is 0 Å². The van der Waals surface area contributed by atoms with Gasteiger partial charge in [0.05, 0.1) is 18.9 Å². The Morgan fingerprint density at radius 1 is 1.03 bits per heavy atom. The summed E-state index contributed by atoms with van der Waals surface area (Å²) in [6.07, 6.45) is -0.618. The molecule has 1 heterocycles. The van der Waals surface area contributed by atoms with E-state index in [2.05, 4.69) is 45.0 Å². The van der Waals surface area contributed by atoms with Crippen LogP contribution in [0.3, 0.4) is 0 Å². The van der Waals surface area contributed by atoms with Crippen LogP contribution in [-0.4, -0.2) is 80.9 Å². The summed E-state index contributed by atoms with van der Waals surface area (Å²) in [7, 11) is -3.59. The Bertz CT molecular complexity index is 1120. The van der Waals surface area contributed by atoms with Gasteiger partial charge in [0.25, 0.3) is 18.4 Å². The zero-order valence-corrected chi connectivity index (χ0v) is 24.4. The Morgan fingerprint density at radius 3 is 1.95 bits per heavy atom. The molecule has 0 radical (unpaired) electrons. The zero-order chi connectivity index (χ0) is 27.5. The summed E-state index contributed by atoms with van der Waals surface area (Å²) < 4.78 is 54.1. The number of carbonyl (C=O) groups is 1. The van der Waals surface area contributed by atoms with Gasteiger partial charge in [0.1, 0.15) is 32.3 Å². The minimum Gasteiger partial charge on any atom is -0.458 e. The molecule has 0 aromatic heterocycles. The molecular weight excluding hydrogens is 511 g/mol. The molecule has 0 spiro atoms. The summed E-state index contributed by atoms with van der Waals surface area (Å²) in [6, 6.07) is 19.6. The summed E-state index contributed by atoms with van der Waals surface area (Å²) in [5.41, 5.74) is -1.36. The van der Waals surface area contributed by atoms with Crippen molar-refractivity contribution in [1.29, 1.82) is 0 Å². The summed E-state index contributed by atoms with van der Waals surface area (Å²) in [4.78, 5) is 11.9. The van der Waals surface area contributed by atoms with Gasteiger partial charge in [-0.1, -0.05) is 81.4 Å². The van der Waals surface area contributed by atoms with Gasteiger partial charge in [-0.15, -0.1) is 0 Å². The molecule has 8 nitrogen and oxygen atoms in total. The highest BCUT2D eigenvalue weighted by atomic mass is 32.2. The molecule has 1 saturated heterocycles. The Morgan fingerprint density at radius 2 is 1.54 bits per heavy atom. The van der Waals surface area contributed by atoms with Crippen molar-refractivity contribution in [3.05, 3.63) is 60.7 Å². The normalized spacial score (nSPS) is 24.6. The quantitative estimate of drug-likeness (QED) is 0.249. The number of carbonyl (C=O) groups excluding carboxylic acids is 1. The van der Waals surface area contributed by atoms with Crippen molar-refractivity contribution in [2.75, 3.05) is 26.6 Å². The van der Waals surface area contributed by atoms with Gasteiger partial charge in [0.2, 0.25) is 0 Å². The second-order valence-electron chi connectivity index (χ2n) is 10.5. The molecule has 37 heavy (non-hydrogen) atoms. The van der Waals surface area contributed by atoms with Crippen LogP contribution in [0.25, 0.3) is 0 Å². The molecule has 0 bridgehead atoms. The lowest BCUT2D eigenvalue weighted by atomic mass is 9.89. The van der Waals surface area contributed by atoms with Crippen molar-refractivity contribution >= 4 is 42.6 Å². The molecule has 202 valence electrons. The van der Waals surface area contributed by atoms with Gasteiger partial charge < -0.3 is 18.6 Å². The molecule has 2 aromatic carbocycles. The first-order valence-electron chi connectivity index (χ1n) is 12.2. The Balaban J connectivity index is 2.14. The van der Waals surface area contributed by atoms with Crippen LogP contribution >= 0.6 is 0 Å². The maximum absolute atomic E-state index is 12.0. The van der Waals surface area contributed by atoms with Crippen molar-refractivity contribution < 1.29 is 36.0 Å². The topological polar surface area (TPSA) is 97.4 Å². The minimum absolute atomic E-state index is 0.0452. The van der Waals surface area contributed by atoms with Crippen LogP contribution in [0.15, 0.2) is 60.7 Å². The third kappa shape index (κ3) is 6.35. The predicted molar refractivity (Wildman–Crippen MR) is 147 cm³/mol. The van der Waals surface area contributed by atoms with Gasteiger partial charge in [-0.25, -0.2) is 0 Å². The number of esters is 1. The third-order valence-corrected chi connectivity index (χ3v) is 12.3. The largest absolute Gasteiger partial charge is 0.458 e.